The van der Waals surface area contributed by atoms with Crippen LogP contribution in [0.2, 0.25) is 0 Å². The summed E-state index contributed by atoms with van der Waals surface area (Å²) < 4.78 is 0. The third-order valence-electron chi connectivity index (χ3n) is 2.81. The van der Waals surface area contributed by atoms with Gasteiger partial charge in [-0.15, -0.1) is 11.3 Å². The molecule has 0 aromatic carbocycles. The Balaban J connectivity index is 2.71. The molecule has 0 aliphatic carbocycles. The quantitative estimate of drug-likeness (QED) is 0.846. The van der Waals surface area contributed by atoms with E-state index < -0.39 is 12.0 Å². The first-order chi connectivity index (χ1) is 8.32. The van der Waals surface area contributed by atoms with Crippen molar-refractivity contribution in [2.45, 2.75) is 32.4 Å². The van der Waals surface area contributed by atoms with Crippen LogP contribution in [0.1, 0.15) is 29.1 Å². The molecule has 0 saturated heterocycles. The number of carboxylic acids is 1. The molecule has 6 heteroatoms. The van der Waals surface area contributed by atoms with Crippen LogP contribution in [-0.4, -0.2) is 35.0 Å². The van der Waals surface area contributed by atoms with Gasteiger partial charge in [0.1, 0.15) is 0 Å². The predicted octanol–water partition coefficient (Wildman–Crippen LogP) is 1.38. The average Bonchev–Trinajstić information content (AvgIpc) is 2.72. The number of likely N-dealkylation sites (N-methyl/N-ethyl adjacent to an activating group) is 1. The van der Waals surface area contributed by atoms with Gasteiger partial charge < -0.3 is 15.7 Å². The second-order valence-corrected chi connectivity index (χ2v) is 5.60. The molecule has 2 unspecified atom stereocenters. The zero-order chi connectivity index (χ0) is 13.9. The van der Waals surface area contributed by atoms with Crippen LogP contribution < -0.4 is 5.73 Å². The van der Waals surface area contributed by atoms with E-state index >= 15 is 0 Å². The first kappa shape index (κ1) is 14.7. The summed E-state index contributed by atoms with van der Waals surface area (Å²) in [6, 6.07) is 2.87. The number of nitrogens with two attached hydrogens (primary N) is 1. The highest BCUT2D eigenvalue weighted by molar-refractivity contribution is 7.12. The first-order valence-electron chi connectivity index (χ1n) is 5.63. The highest BCUT2D eigenvalue weighted by atomic mass is 32.1. The maximum atomic E-state index is 11.9. The summed E-state index contributed by atoms with van der Waals surface area (Å²) in [5.41, 5.74) is 5.57. The van der Waals surface area contributed by atoms with E-state index in [9.17, 15) is 9.59 Å². The Bertz CT molecular complexity index is 444. The van der Waals surface area contributed by atoms with Crippen molar-refractivity contribution < 1.29 is 14.7 Å². The van der Waals surface area contributed by atoms with E-state index in [1.54, 1.807) is 18.4 Å². The Morgan fingerprint density at radius 2 is 2.11 bits per heavy atom. The van der Waals surface area contributed by atoms with Crippen molar-refractivity contribution in [1.82, 2.24) is 4.90 Å². The molecule has 0 saturated carbocycles. The predicted molar refractivity (Wildman–Crippen MR) is 70.5 cm³/mol. The van der Waals surface area contributed by atoms with Crippen LogP contribution in [-0.2, 0) is 9.59 Å². The Morgan fingerprint density at radius 3 is 2.56 bits per heavy atom. The molecule has 0 aliphatic rings. The summed E-state index contributed by atoms with van der Waals surface area (Å²) in [7, 11) is 1.64. The highest BCUT2D eigenvalue weighted by Crippen LogP contribution is 2.26. The van der Waals surface area contributed by atoms with Gasteiger partial charge in [0.2, 0.25) is 5.91 Å². The molecule has 0 radical (unpaired) electrons. The monoisotopic (exact) mass is 270 g/mol. The highest BCUT2D eigenvalue weighted by Gasteiger charge is 2.25. The van der Waals surface area contributed by atoms with E-state index in [-0.39, 0.29) is 18.4 Å². The Kier molecular flexibility index (Phi) is 4.86. The number of thiophene rings is 1. The second kappa shape index (κ2) is 5.97. The molecule has 3 N–H and O–H groups in total. The van der Waals surface area contributed by atoms with Crippen molar-refractivity contribution >= 4 is 23.2 Å². The molecule has 0 aliphatic heterocycles. The van der Waals surface area contributed by atoms with Crippen LogP contribution in [0.5, 0.6) is 0 Å². The van der Waals surface area contributed by atoms with Gasteiger partial charge >= 0.3 is 5.97 Å². The summed E-state index contributed by atoms with van der Waals surface area (Å²) >= 11 is 1.62. The van der Waals surface area contributed by atoms with Crippen LogP contribution in [0.3, 0.4) is 0 Å². The van der Waals surface area contributed by atoms with Gasteiger partial charge in [0.05, 0.1) is 18.5 Å². The normalized spacial score (nSPS) is 14.0. The lowest BCUT2D eigenvalue weighted by molar-refractivity contribution is -0.142. The Hall–Kier alpha value is -1.40. The number of nitrogens with zero attached hydrogens (tertiary/aromatic N) is 1. The molecule has 1 aromatic rings. The number of aliphatic carboxylic acids is 1. The fraction of sp³-hybridized carbons (Fsp3) is 0.500. The fourth-order valence-electron chi connectivity index (χ4n) is 1.60. The van der Waals surface area contributed by atoms with Crippen molar-refractivity contribution in [3.05, 3.63) is 21.9 Å². The smallest absolute Gasteiger partial charge is 0.305 e. The molecule has 2 atom stereocenters. The first-order valence-corrected chi connectivity index (χ1v) is 6.45. The molecular weight excluding hydrogens is 252 g/mol. The summed E-state index contributed by atoms with van der Waals surface area (Å²) in [5, 5.41) is 8.62. The zero-order valence-corrected chi connectivity index (χ0v) is 11.5. The van der Waals surface area contributed by atoms with Gasteiger partial charge in [0.15, 0.2) is 0 Å². The maximum absolute atomic E-state index is 11.9. The van der Waals surface area contributed by atoms with Crippen LogP contribution >= 0.6 is 11.3 Å². The van der Waals surface area contributed by atoms with E-state index in [4.69, 9.17) is 10.8 Å². The lowest BCUT2D eigenvalue weighted by Gasteiger charge is -2.26. The lowest BCUT2D eigenvalue weighted by Crippen LogP contribution is -2.43. The second-order valence-electron chi connectivity index (χ2n) is 4.28. The molecule has 1 rings (SSSR count). The van der Waals surface area contributed by atoms with Crippen molar-refractivity contribution in [2.24, 2.45) is 5.73 Å². The minimum atomic E-state index is -1.07. The minimum Gasteiger partial charge on any atom is -0.481 e. The van der Waals surface area contributed by atoms with Crippen LogP contribution in [0, 0.1) is 6.92 Å². The number of aryl methyl sites for hydroxylation is 1. The number of hydrogen-bond acceptors (Lipinski definition) is 4. The van der Waals surface area contributed by atoms with Gasteiger partial charge in [-0.05, 0) is 26.0 Å². The molecule has 1 amide bonds. The minimum absolute atomic E-state index is 0.101. The summed E-state index contributed by atoms with van der Waals surface area (Å²) in [6.07, 6.45) is -0.348. The van der Waals surface area contributed by atoms with Crippen molar-refractivity contribution in [1.29, 1.82) is 0 Å². The number of hydrogen-bond donors (Lipinski definition) is 2. The summed E-state index contributed by atoms with van der Waals surface area (Å²) in [5.74, 6) is -1.42. The maximum Gasteiger partial charge on any atom is 0.305 e. The molecule has 5 nitrogen and oxygen atoms in total. The molecule has 0 bridgehead atoms. The van der Waals surface area contributed by atoms with Gasteiger partial charge in [0, 0.05) is 16.8 Å². The van der Waals surface area contributed by atoms with Gasteiger partial charge in [-0.2, -0.15) is 0 Å². The number of carbonyl (C=O) groups is 2. The van der Waals surface area contributed by atoms with Crippen molar-refractivity contribution in [2.75, 3.05) is 7.05 Å². The van der Waals surface area contributed by atoms with Crippen molar-refractivity contribution in [3.63, 3.8) is 0 Å². The molecule has 1 aromatic heterocycles. The molecule has 0 fully saturated rings. The topological polar surface area (TPSA) is 83.6 Å². The average molecular weight is 270 g/mol. The standard InChI is InChI=1S/C12H18N2O3S/c1-7-4-5-10(18-7)8(2)14(3)12(17)9(13)6-11(15)16/h4-5,8-9H,6,13H2,1-3H3,(H,15,16). The van der Waals surface area contributed by atoms with Gasteiger partial charge in [-0.3, -0.25) is 9.59 Å². The zero-order valence-electron chi connectivity index (χ0n) is 10.7. The molecule has 1 heterocycles. The van der Waals surface area contributed by atoms with E-state index in [0.717, 1.165) is 4.88 Å². The number of amides is 1. The third-order valence-corrected chi connectivity index (χ3v) is 3.98. The molecule has 0 spiro atoms. The number of carboxylic acid groups (broad SMARTS) is 1. The van der Waals surface area contributed by atoms with Gasteiger partial charge in [0.25, 0.3) is 0 Å². The van der Waals surface area contributed by atoms with Crippen LogP contribution in [0.4, 0.5) is 0 Å². The SMILES string of the molecule is Cc1ccc(C(C)N(C)C(=O)C(N)CC(=O)O)s1. The third kappa shape index (κ3) is 3.54. The molecule has 18 heavy (non-hydrogen) atoms. The van der Waals surface area contributed by atoms with E-state index in [0.29, 0.717) is 0 Å². The van der Waals surface area contributed by atoms with E-state index in [1.165, 1.54) is 9.78 Å². The summed E-state index contributed by atoms with van der Waals surface area (Å²) in [6.45, 7) is 3.90. The van der Waals surface area contributed by atoms with E-state index in [1.807, 2.05) is 26.0 Å². The largest absolute Gasteiger partial charge is 0.481 e. The Labute approximate surface area is 110 Å². The van der Waals surface area contributed by atoms with Gasteiger partial charge in [-0.25, -0.2) is 0 Å². The lowest BCUT2D eigenvalue weighted by atomic mass is 10.1. The van der Waals surface area contributed by atoms with Crippen LogP contribution in [0.15, 0.2) is 12.1 Å². The molecule has 100 valence electrons. The number of carbonyl (C=O) groups excluding carboxylic acids is 1. The molecular formula is C12H18N2O3S. The summed E-state index contributed by atoms with van der Waals surface area (Å²) in [4.78, 5) is 26.2. The Morgan fingerprint density at radius 1 is 1.50 bits per heavy atom. The van der Waals surface area contributed by atoms with Crippen molar-refractivity contribution in [3.8, 4) is 0 Å². The fourth-order valence-corrected chi connectivity index (χ4v) is 2.57. The van der Waals surface area contributed by atoms with Crippen LogP contribution in [0.25, 0.3) is 0 Å². The number of rotatable bonds is 5. The van der Waals surface area contributed by atoms with Gasteiger partial charge in [-0.1, -0.05) is 0 Å². The van der Waals surface area contributed by atoms with E-state index in [2.05, 4.69) is 0 Å².